The van der Waals surface area contributed by atoms with Crippen molar-refractivity contribution in [1.82, 2.24) is 4.90 Å². The maximum atomic E-state index is 11.0. The average Bonchev–Trinajstić information content (AvgIpc) is 2.15. The molecule has 0 saturated carbocycles. The zero-order valence-electron chi connectivity index (χ0n) is 8.38. The van der Waals surface area contributed by atoms with Crippen LogP contribution in [0.15, 0.2) is 0 Å². The second kappa shape index (κ2) is 5.88. The summed E-state index contributed by atoms with van der Waals surface area (Å²) in [5, 5.41) is 11.0. The zero-order valence-corrected chi connectivity index (χ0v) is 8.38. The maximum absolute atomic E-state index is 11.0. The highest BCUT2D eigenvalue weighted by Crippen LogP contribution is 2.08. The Morgan fingerprint density at radius 1 is 1.38 bits per heavy atom. The van der Waals surface area contributed by atoms with Gasteiger partial charge in [-0.15, -0.1) is 0 Å². The summed E-state index contributed by atoms with van der Waals surface area (Å²) in [4.78, 5) is 2.09. The molecule has 0 aliphatic carbocycles. The van der Waals surface area contributed by atoms with E-state index in [1.807, 2.05) is 0 Å². The molecule has 0 aromatic carbocycles. The first-order chi connectivity index (χ1) is 6.33. The molecule has 1 radical (unpaired) electrons. The molecule has 0 atom stereocenters. The molecule has 0 aromatic rings. The van der Waals surface area contributed by atoms with Crippen LogP contribution >= 0.6 is 0 Å². The molecule has 1 aliphatic rings. The van der Waals surface area contributed by atoms with E-state index in [0.717, 1.165) is 32.4 Å². The number of nitrogens with zero attached hydrogens (tertiary/aromatic N) is 1. The Labute approximate surface area is 80.9 Å². The minimum atomic E-state index is -0.339. The topological polar surface area (TPSA) is 23.1 Å². The molecule has 0 bridgehead atoms. The zero-order chi connectivity index (χ0) is 9.52. The van der Waals surface area contributed by atoms with Gasteiger partial charge in [0.15, 0.2) is 0 Å². The van der Waals surface area contributed by atoms with Gasteiger partial charge < -0.3 is 4.90 Å². The molecule has 2 nitrogen and oxygen atoms in total. The molecule has 13 heavy (non-hydrogen) atoms. The third-order valence-corrected chi connectivity index (χ3v) is 2.33. The van der Waals surface area contributed by atoms with Gasteiger partial charge in [-0.2, -0.15) is 0 Å². The van der Waals surface area contributed by atoms with Crippen molar-refractivity contribution in [3.05, 3.63) is 0 Å². The fraction of sp³-hybridized carbons (Fsp3) is 0.818. The van der Waals surface area contributed by atoms with E-state index >= 15 is 0 Å². The van der Waals surface area contributed by atoms with E-state index < -0.39 is 0 Å². The molecular formula is C11H18NO. The molecular weight excluding hydrogens is 162 g/mol. The van der Waals surface area contributed by atoms with E-state index in [-0.39, 0.29) is 6.10 Å². The van der Waals surface area contributed by atoms with E-state index in [9.17, 15) is 5.11 Å². The van der Waals surface area contributed by atoms with Gasteiger partial charge in [0.1, 0.15) is 0 Å². The van der Waals surface area contributed by atoms with Crippen LogP contribution in [-0.4, -0.2) is 24.1 Å². The summed E-state index contributed by atoms with van der Waals surface area (Å²) in [5.41, 5.74) is 0. The molecule has 0 spiro atoms. The van der Waals surface area contributed by atoms with Crippen LogP contribution in [-0.2, 0) is 5.11 Å². The molecule has 1 heterocycles. The van der Waals surface area contributed by atoms with Gasteiger partial charge in [0, 0.05) is 25.6 Å². The lowest BCUT2D eigenvalue weighted by molar-refractivity contribution is 0.0416. The second-order valence-electron chi connectivity index (χ2n) is 3.58. The Hall–Kier alpha value is -0.680. The lowest BCUT2D eigenvalue weighted by Gasteiger charge is -2.24. The van der Waals surface area contributed by atoms with Crippen molar-refractivity contribution in [1.29, 1.82) is 0 Å². The van der Waals surface area contributed by atoms with E-state index in [1.165, 1.54) is 12.8 Å². The monoisotopic (exact) mass is 180 g/mol. The summed E-state index contributed by atoms with van der Waals surface area (Å²) in [6, 6.07) is 3.12. The third kappa shape index (κ3) is 4.19. The van der Waals surface area contributed by atoms with E-state index in [1.54, 1.807) is 0 Å². The molecule has 1 fully saturated rings. The molecule has 0 aromatic heterocycles. The molecule has 1 aliphatic heterocycles. The summed E-state index contributed by atoms with van der Waals surface area (Å²) >= 11 is 0. The van der Waals surface area contributed by atoms with E-state index in [0.29, 0.717) is 0 Å². The number of rotatable bonds is 2. The SMILES string of the molecule is CCCCC#CN1CCC([O])CC1. The second-order valence-corrected chi connectivity index (χ2v) is 3.58. The van der Waals surface area contributed by atoms with Gasteiger partial charge in [0.05, 0.1) is 6.10 Å². The highest BCUT2D eigenvalue weighted by Gasteiger charge is 2.15. The van der Waals surface area contributed by atoms with Gasteiger partial charge in [0.2, 0.25) is 0 Å². The van der Waals surface area contributed by atoms with Gasteiger partial charge in [-0.3, -0.25) is 0 Å². The fourth-order valence-corrected chi connectivity index (χ4v) is 1.40. The third-order valence-electron chi connectivity index (χ3n) is 2.33. The Kier molecular flexibility index (Phi) is 4.70. The van der Waals surface area contributed by atoms with Gasteiger partial charge in [-0.05, 0) is 19.3 Å². The van der Waals surface area contributed by atoms with Gasteiger partial charge in [0.25, 0.3) is 0 Å². The fourth-order valence-electron chi connectivity index (χ4n) is 1.40. The summed E-state index contributed by atoms with van der Waals surface area (Å²) in [6.07, 6.45) is 4.58. The van der Waals surface area contributed by atoms with Crippen LogP contribution in [0.2, 0.25) is 0 Å². The van der Waals surface area contributed by atoms with Crippen LogP contribution in [0.1, 0.15) is 39.0 Å². The largest absolute Gasteiger partial charge is 0.332 e. The molecule has 1 saturated heterocycles. The molecule has 0 amide bonds. The van der Waals surface area contributed by atoms with Gasteiger partial charge in [-0.1, -0.05) is 19.3 Å². The van der Waals surface area contributed by atoms with Crippen LogP contribution in [0.25, 0.3) is 0 Å². The number of piperidine rings is 1. The lowest BCUT2D eigenvalue weighted by Crippen LogP contribution is -2.31. The predicted molar refractivity (Wildman–Crippen MR) is 52.6 cm³/mol. The van der Waals surface area contributed by atoms with E-state index in [2.05, 4.69) is 23.8 Å². The first-order valence-electron chi connectivity index (χ1n) is 5.22. The summed E-state index contributed by atoms with van der Waals surface area (Å²) in [5.74, 6) is 3.14. The van der Waals surface area contributed by atoms with Crippen LogP contribution < -0.4 is 0 Å². The summed E-state index contributed by atoms with van der Waals surface area (Å²) in [7, 11) is 0. The van der Waals surface area contributed by atoms with Crippen LogP contribution in [0.5, 0.6) is 0 Å². The minimum Gasteiger partial charge on any atom is -0.332 e. The maximum Gasteiger partial charge on any atom is 0.0964 e. The Balaban J connectivity index is 2.16. The van der Waals surface area contributed by atoms with Gasteiger partial charge >= 0.3 is 0 Å². The van der Waals surface area contributed by atoms with Crippen molar-refractivity contribution < 1.29 is 5.11 Å². The van der Waals surface area contributed by atoms with Crippen molar-refractivity contribution >= 4 is 0 Å². The van der Waals surface area contributed by atoms with Crippen molar-refractivity contribution in [3.8, 4) is 12.0 Å². The van der Waals surface area contributed by atoms with Crippen molar-refractivity contribution in [2.45, 2.75) is 45.1 Å². The molecule has 0 unspecified atom stereocenters. The van der Waals surface area contributed by atoms with Crippen LogP contribution in [0.4, 0.5) is 0 Å². The summed E-state index contributed by atoms with van der Waals surface area (Å²) in [6.45, 7) is 3.91. The molecule has 0 N–H and O–H groups in total. The molecule has 73 valence electrons. The van der Waals surface area contributed by atoms with Crippen molar-refractivity contribution in [2.75, 3.05) is 13.1 Å². The summed E-state index contributed by atoms with van der Waals surface area (Å²) < 4.78 is 0. The molecule has 1 rings (SSSR count). The highest BCUT2D eigenvalue weighted by atomic mass is 16.3. The van der Waals surface area contributed by atoms with Crippen LogP contribution in [0.3, 0.4) is 0 Å². The number of hydrogen-bond acceptors (Lipinski definition) is 1. The lowest BCUT2D eigenvalue weighted by atomic mass is 10.1. The average molecular weight is 180 g/mol. The Morgan fingerprint density at radius 2 is 2.08 bits per heavy atom. The first-order valence-corrected chi connectivity index (χ1v) is 5.22. The van der Waals surface area contributed by atoms with Crippen LogP contribution in [0, 0.1) is 12.0 Å². The Bertz CT molecular complexity index is 184. The molecule has 2 heteroatoms. The highest BCUT2D eigenvalue weighted by molar-refractivity contribution is 4.99. The van der Waals surface area contributed by atoms with Crippen molar-refractivity contribution in [2.24, 2.45) is 0 Å². The normalized spacial score (nSPS) is 18.2. The standard InChI is InChI=1S/C11H18NO/c1-2-3-4-5-8-12-9-6-11(13)7-10-12/h11H,2-4,6-7,9-10H2,1H3. The number of likely N-dealkylation sites (tertiary alicyclic amines) is 1. The first kappa shape index (κ1) is 10.4. The number of hydrogen-bond donors (Lipinski definition) is 0. The minimum absolute atomic E-state index is 0.339. The predicted octanol–water partition coefficient (Wildman–Crippen LogP) is 2.03. The quantitative estimate of drug-likeness (QED) is 0.471. The smallest absolute Gasteiger partial charge is 0.0964 e. The van der Waals surface area contributed by atoms with Crippen molar-refractivity contribution in [3.63, 3.8) is 0 Å². The number of unbranched alkanes of at least 4 members (excludes halogenated alkanes) is 2. The van der Waals surface area contributed by atoms with E-state index in [4.69, 9.17) is 0 Å². The van der Waals surface area contributed by atoms with Gasteiger partial charge in [-0.25, -0.2) is 5.11 Å². The Morgan fingerprint density at radius 3 is 2.69 bits per heavy atom.